The number of methoxy groups -OCH3 is 3. The minimum absolute atomic E-state index is 0.523. The summed E-state index contributed by atoms with van der Waals surface area (Å²) in [6, 6.07) is 5.52. The second-order valence-corrected chi connectivity index (χ2v) is 3.18. The van der Waals surface area contributed by atoms with Crippen molar-refractivity contribution >= 4 is 12.3 Å². The Morgan fingerprint density at radius 1 is 1.24 bits per heavy atom. The van der Waals surface area contributed by atoms with Gasteiger partial charge in [0.2, 0.25) is 0 Å². The summed E-state index contributed by atoms with van der Waals surface area (Å²) in [5, 5.41) is 0. The van der Waals surface area contributed by atoms with Crippen LogP contribution in [-0.4, -0.2) is 33.6 Å². The number of carbonyl (C=O) groups is 1. The number of benzene rings is 1. The molecule has 0 fully saturated rings. The van der Waals surface area contributed by atoms with E-state index in [9.17, 15) is 4.79 Å². The molecule has 0 heterocycles. The number of nitrogens with zero attached hydrogens (tertiary/aromatic N) is 1. The van der Waals surface area contributed by atoms with Gasteiger partial charge < -0.3 is 14.2 Å². The molecule has 1 aromatic rings. The lowest BCUT2D eigenvalue weighted by molar-refractivity contribution is 0.182. The monoisotopic (exact) mass is 237 g/mol. The second kappa shape index (κ2) is 6.52. The maximum Gasteiger partial charge on any atom is 0.432 e. The van der Waals surface area contributed by atoms with E-state index >= 15 is 0 Å². The topological polar surface area (TPSA) is 57.1 Å². The molecule has 0 unspecified atom stereocenters. The molecule has 0 atom stereocenters. The molecule has 0 spiro atoms. The van der Waals surface area contributed by atoms with Gasteiger partial charge in [0.25, 0.3) is 0 Å². The van der Waals surface area contributed by atoms with Gasteiger partial charge >= 0.3 is 6.09 Å². The third-order valence-electron chi connectivity index (χ3n) is 2.15. The van der Waals surface area contributed by atoms with E-state index in [0.717, 1.165) is 5.56 Å². The first kappa shape index (κ1) is 13.0. The summed E-state index contributed by atoms with van der Waals surface area (Å²) in [5.74, 6) is 1.32. The van der Waals surface area contributed by atoms with Crippen LogP contribution in [0.25, 0.3) is 0 Å². The molecule has 5 heteroatoms. The Morgan fingerprint density at radius 3 is 2.53 bits per heavy atom. The average Bonchev–Trinajstić information content (AvgIpc) is 2.38. The lowest BCUT2D eigenvalue weighted by Crippen LogP contribution is -1.96. The molecular weight excluding hydrogens is 222 g/mol. The lowest BCUT2D eigenvalue weighted by Gasteiger charge is -2.08. The molecule has 0 aromatic heterocycles. The molecule has 0 bridgehead atoms. The average molecular weight is 237 g/mol. The number of aliphatic imine (C=N–C) groups is 1. The largest absolute Gasteiger partial charge is 0.493 e. The zero-order valence-corrected chi connectivity index (χ0v) is 10.1. The predicted octanol–water partition coefficient (Wildman–Crippen LogP) is 2.08. The van der Waals surface area contributed by atoms with Crippen LogP contribution in [0, 0.1) is 0 Å². The fourth-order valence-electron chi connectivity index (χ4n) is 1.29. The Labute approximate surface area is 100 Å². The van der Waals surface area contributed by atoms with E-state index in [4.69, 9.17) is 9.47 Å². The van der Waals surface area contributed by atoms with Crippen molar-refractivity contribution in [3.63, 3.8) is 0 Å². The van der Waals surface area contributed by atoms with Crippen molar-refractivity contribution in [2.24, 2.45) is 4.99 Å². The Balaban J connectivity index is 2.72. The molecule has 0 aliphatic rings. The second-order valence-electron chi connectivity index (χ2n) is 3.18. The van der Waals surface area contributed by atoms with E-state index < -0.39 is 6.09 Å². The summed E-state index contributed by atoms with van der Waals surface area (Å²) in [7, 11) is 4.44. The summed E-state index contributed by atoms with van der Waals surface area (Å²) in [4.78, 5) is 14.3. The van der Waals surface area contributed by atoms with Crippen molar-refractivity contribution in [2.75, 3.05) is 21.3 Å². The summed E-state index contributed by atoms with van der Waals surface area (Å²) in [6.07, 6.45) is 1.41. The molecule has 17 heavy (non-hydrogen) atoms. The number of rotatable bonds is 4. The number of amides is 1. The van der Waals surface area contributed by atoms with Crippen molar-refractivity contribution in [2.45, 2.75) is 6.42 Å². The van der Waals surface area contributed by atoms with E-state index in [1.54, 1.807) is 20.3 Å². The molecule has 1 rings (SSSR count). The molecule has 1 amide bonds. The minimum Gasteiger partial charge on any atom is -0.493 e. The molecule has 5 nitrogen and oxygen atoms in total. The van der Waals surface area contributed by atoms with Gasteiger partial charge in [-0.2, -0.15) is 4.99 Å². The van der Waals surface area contributed by atoms with E-state index in [0.29, 0.717) is 17.9 Å². The van der Waals surface area contributed by atoms with Crippen LogP contribution in [0.15, 0.2) is 23.2 Å². The third kappa shape index (κ3) is 3.79. The van der Waals surface area contributed by atoms with Gasteiger partial charge in [-0.1, -0.05) is 6.07 Å². The Bertz CT molecular complexity index is 415. The van der Waals surface area contributed by atoms with Gasteiger partial charge in [-0.3, -0.25) is 0 Å². The van der Waals surface area contributed by atoms with Gasteiger partial charge in [0.15, 0.2) is 11.5 Å². The Hall–Kier alpha value is -2.04. The van der Waals surface area contributed by atoms with Crippen molar-refractivity contribution in [1.29, 1.82) is 0 Å². The van der Waals surface area contributed by atoms with Gasteiger partial charge in [-0.05, 0) is 17.7 Å². The highest BCUT2D eigenvalue weighted by atomic mass is 16.5. The van der Waals surface area contributed by atoms with Crippen LogP contribution in [0.5, 0.6) is 11.5 Å². The maximum absolute atomic E-state index is 10.8. The predicted molar refractivity (Wildman–Crippen MR) is 64.1 cm³/mol. The maximum atomic E-state index is 10.8. The normalized spacial score (nSPS) is 10.3. The zero-order valence-electron chi connectivity index (χ0n) is 10.1. The van der Waals surface area contributed by atoms with E-state index in [1.165, 1.54) is 13.3 Å². The smallest absolute Gasteiger partial charge is 0.432 e. The van der Waals surface area contributed by atoms with Gasteiger partial charge in [-0.25, -0.2) is 4.79 Å². The number of hydrogen-bond donors (Lipinski definition) is 0. The van der Waals surface area contributed by atoms with Gasteiger partial charge in [0.1, 0.15) is 0 Å². The molecular formula is C12H15NO4. The molecule has 1 aromatic carbocycles. The Kier molecular flexibility index (Phi) is 5.00. The minimum atomic E-state index is -0.606. The molecule has 0 radical (unpaired) electrons. The first-order valence-corrected chi connectivity index (χ1v) is 5.02. The first-order chi connectivity index (χ1) is 8.21. The molecule has 0 aliphatic heterocycles. The number of carbonyl (C=O) groups excluding carboxylic acids is 1. The number of ether oxygens (including phenoxy) is 3. The van der Waals surface area contributed by atoms with E-state index in [2.05, 4.69) is 9.73 Å². The highest BCUT2D eigenvalue weighted by Gasteiger charge is 2.03. The molecule has 0 saturated carbocycles. The summed E-state index contributed by atoms with van der Waals surface area (Å²) >= 11 is 0. The van der Waals surface area contributed by atoms with Crippen LogP contribution in [0.4, 0.5) is 4.79 Å². The van der Waals surface area contributed by atoms with Crippen LogP contribution >= 0.6 is 0 Å². The van der Waals surface area contributed by atoms with E-state index in [-0.39, 0.29) is 0 Å². The fraction of sp³-hybridized carbons (Fsp3) is 0.333. The fourth-order valence-corrected chi connectivity index (χ4v) is 1.29. The van der Waals surface area contributed by atoms with Crippen LogP contribution in [-0.2, 0) is 11.2 Å². The zero-order chi connectivity index (χ0) is 12.7. The van der Waals surface area contributed by atoms with Gasteiger partial charge in [0.05, 0.1) is 21.3 Å². The van der Waals surface area contributed by atoms with Gasteiger partial charge in [0, 0.05) is 12.6 Å². The van der Waals surface area contributed by atoms with Crippen LogP contribution in [0.3, 0.4) is 0 Å². The van der Waals surface area contributed by atoms with Crippen LogP contribution in [0.2, 0.25) is 0 Å². The van der Waals surface area contributed by atoms with Crippen LogP contribution in [0.1, 0.15) is 5.56 Å². The van der Waals surface area contributed by atoms with Crippen molar-refractivity contribution in [3.8, 4) is 11.5 Å². The molecule has 0 saturated heterocycles. The third-order valence-corrected chi connectivity index (χ3v) is 2.15. The molecule has 0 aliphatic carbocycles. The highest BCUT2D eigenvalue weighted by molar-refractivity contribution is 5.80. The number of hydrogen-bond acceptors (Lipinski definition) is 4. The SMILES string of the molecule is COC(=O)N=CCc1ccc(OC)c(OC)c1. The molecule has 92 valence electrons. The van der Waals surface area contributed by atoms with Crippen LogP contribution < -0.4 is 9.47 Å². The molecule has 0 N–H and O–H groups in total. The van der Waals surface area contributed by atoms with Gasteiger partial charge in [-0.15, -0.1) is 0 Å². The highest BCUT2D eigenvalue weighted by Crippen LogP contribution is 2.27. The standard InChI is InChI=1S/C12H15NO4/c1-15-10-5-4-9(8-11(10)16-2)6-7-13-12(14)17-3/h4-5,7-8H,6H2,1-3H3. The summed E-state index contributed by atoms with van der Waals surface area (Å²) in [6.45, 7) is 0. The Morgan fingerprint density at radius 2 is 1.94 bits per heavy atom. The van der Waals surface area contributed by atoms with Crippen molar-refractivity contribution in [1.82, 2.24) is 0 Å². The summed E-state index contributed by atoms with van der Waals surface area (Å²) < 4.78 is 14.7. The lowest BCUT2D eigenvalue weighted by atomic mass is 10.1. The summed E-state index contributed by atoms with van der Waals surface area (Å²) in [5.41, 5.74) is 0.968. The quantitative estimate of drug-likeness (QED) is 0.752. The van der Waals surface area contributed by atoms with E-state index in [1.807, 2.05) is 12.1 Å². The van der Waals surface area contributed by atoms with Crippen molar-refractivity contribution < 1.29 is 19.0 Å². The first-order valence-electron chi connectivity index (χ1n) is 5.02. The van der Waals surface area contributed by atoms with Crippen molar-refractivity contribution in [3.05, 3.63) is 23.8 Å².